The largest absolute Gasteiger partial charge is 0.360 e. The van der Waals surface area contributed by atoms with E-state index in [9.17, 15) is 4.79 Å². The lowest BCUT2D eigenvalue weighted by atomic mass is 9.96. The van der Waals surface area contributed by atoms with Gasteiger partial charge >= 0.3 is 0 Å². The van der Waals surface area contributed by atoms with E-state index in [0.717, 1.165) is 37.0 Å². The molecule has 2 N–H and O–H groups in total. The van der Waals surface area contributed by atoms with E-state index in [4.69, 9.17) is 21.4 Å². The summed E-state index contributed by atoms with van der Waals surface area (Å²) < 4.78 is 5.20. The number of pyridine rings is 1. The first-order valence-corrected chi connectivity index (χ1v) is 7.16. The van der Waals surface area contributed by atoms with Gasteiger partial charge in [0.25, 0.3) is 5.91 Å². The van der Waals surface area contributed by atoms with Crippen LogP contribution in [0.1, 0.15) is 40.2 Å². The minimum atomic E-state index is -0.410. The standard InChI is InChI=1S/C14H12ClN5O2/c15-11-5-8(7-16)6-12(17-11)18-19-14(21)13-9-3-1-2-4-10(9)22-20-13/h5-6H,1-4H2,(H,17,18)(H,19,21). The number of hydrazine groups is 1. The fraction of sp³-hybridized carbons (Fsp3) is 0.286. The molecular formula is C14H12ClN5O2. The number of nitrogens with zero attached hydrogens (tertiary/aromatic N) is 3. The Hall–Kier alpha value is -2.59. The van der Waals surface area contributed by atoms with Gasteiger partial charge in [-0.1, -0.05) is 16.8 Å². The number of hydrogen-bond acceptors (Lipinski definition) is 6. The Labute approximate surface area is 131 Å². The van der Waals surface area contributed by atoms with Crippen molar-refractivity contribution in [2.75, 3.05) is 5.43 Å². The Kier molecular flexibility index (Phi) is 3.94. The normalized spacial score (nSPS) is 13.1. The molecule has 7 nitrogen and oxygen atoms in total. The van der Waals surface area contributed by atoms with Crippen molar-refractivity contribution in [1.82, 2.24) is 15.6 Å². The Morgan fingerprint density at radius 2 is 2.18 bits per heavy atom. The number of rotatable bonds is 3. The van der Waals surface area contributed by atoms with Gasteiger partial charge in [0.2, 0.25) is 0 Å². The first-order valence-electron chi connectivity index (χ1n) is 6.79. The average Bonchev–Trinajstić information content (AvgIpc) is 2.96. The summed E-state index contributed by atoms with van der Waals surface area (Å²) >= 11 is 5.80. The third kappa shape index (κ3) is 2.87. The van der Waals surface area contributed by atoms with Gasteiger partial charge in [0.15, 0.2) is 5.69 Å². The van der Waals surface area contributed by atoms with Crippen LogP contribution in [0.4, 0.5) is 5.82 Å². The molecule has 0 atom stereocenters. The first-order chi connectivity index (χ1) is 10.7. The summed E-state index contributed by atoms with van der Waals surface area (Å²) in [6.45, 7) is 0. The van der Waals surface area contributed by atoms with Crippen LogP contribution in [-0.4, -0.2) is 16.0 Å². The Bertz CT molecular complexity index is 765. The van der Waals surface area contributed by atoms with Crippen molar-refractivity contribution in [1.29, 1.82) is 5.26 Å². The van der Waals surface area contributed by atoms with E-state index in [1.54, 1.807) is 0 Å². The molecule has 1 amide bonds. The van der Waals surface area contributed by atoms with Crippen LogP contribution in [0, 0.1) is 11.3 Å². The second-order valence-corrected chi connectivity index (χ2v) is 5.28. The number of carbonyl (C=O) groups is 1. The third-order valence-corrected chi connectivity index (χ3v) is 3.59. The molecule has 8 heteroatoms. The lowest BCUT2D eigenvalue weighted by molar-refractivity contribution is 0.0952. The van der Waals surface area contributed by atoms with Crippen molar-refractivity contribution in [3.05, 3.63) is 39.9 Å². The number of carbonyl (C=O) groups excluding carboxylic acids is 1. The van der Waals surface area contributed by atoms with E-state index in [1.807, 2.05) is 6.07 Å². The monoisotopic (exact) mass is 317 g/mol. The number of nitriles is 1. The van der Waals surface area contributed by atoms with Crippen LogP contribution >= 0.6 is 11.6 Å². The smallest absolute Gasteiger partial charge is 0.292 e. The summed E-state index contributed by atoms with van der Waals surface area (Å²) in [6, 6.07) is 4.87. The highest BCUT2D eigenvalue weighted by molar-refractivity contribution is 6.29. The molecule has 0 saturated heterocycles. The van der Waals surface area contributed by atoms with Gasteiger partial charge in [-0.2, -0.15) is 5.26 Å². The molecular weight excluding hydrogens is 306 g/mol. The summed E-state index contributed by atoms with van der Waals surface area (Å²) in [5.41, 5.74) is 6.60. The third-order valence-electron chi connectivity index (χ3n) is 3.39. The second kappa shape index (κ2) is 6.03. The van der Waals surface area contributed by atoms with E-state index in [2.05, 4.69) is 21.0 Å². The average molecular weight is 318 g/mol. The highest BCUT2D eigenvalue weighted by Gasteiger charge is 2.23. The Morgan fingerprint density at radius 3 is 3.00 bits per heavy atom. The number of aromatic nitrogens is 2. The maximum atomic E-state index is 12.2. The van der Waals surface area contributed by atoms with Crippen LogP contribution in [0.15, 0.2) is 16.7 Å². The zero-order chi connectivity index (χ0) is 15.5. The zero-order valence-electron chi connectivity index (χ0n) is 11.5. The number of anilines is 1. The molecule has 0 radical (unpaired) electrons. The Morgan fingerprint density at radius 1 is 1.36 bits per heavy atom. The molecule has 0 unspecified atom stereocenters. The van der Waals surface area contributed by atoms with E-state index < -0.39 is 5.91 Å². The van der Waals surface area contributed by atoms with Gasteiger partial charge in [0, 0.05) is 18.1 Å². The van der Waals surface area contributed by atoms with Crippen molar-refractivity contribution in [2.45, 2.75) is 25.7 Å². The highest BCUT2D eigenvalue weighted by Crippen LogP contribution is 2.24. The molecule has 1 aliphatic rings. The topological polar surface area (TPSA) is 104 Å². The van der Waals surface area contributed by atoms with Crippen molar-refractivity contribution in [3.8, 4) is 6.07 Å². The number of hydrogen-bond donors (Lipinski definition) is 2. The summed E-state index contributed by atoms with van der Waals surface area (Å²) in [4.78, 5) is 16.1. The number of fused-ring (bicyclic) bond motifs is 1. The molecule has 22 heavy (non-hydrogen) atoms. The summed E-state index contributed by atoms with van der Waals surface area (Å²) in [5.74, 6) is 0.644. The minimum Gasteiger partial charge on any atom is -0.360 e. The lowest BCUT2D eigenvalue weighted by Crippen LogP contribution is -2.31. The van der Waals surface area contributed by atoms with Crippen LogP contribution in [0.25, 0.3) is 0 Å². The van der Waals surface area contributed by atoms with Gasteiger partial charge in [-0.05, 0) is 25.3 Å². The zero-order valence-corrected chi connectivity index (χ0v) is 12.3. The molecule has 0 spiro atoms. The van der Waals surface area contributed by atoms with Crippen LogP contribution in [-0.2, 0) is 12.8 Å². The molecule has 2 aromatic heterocycles. The van der Waals surface area contributed by atoms with Crippen LogP contribution in [0.5, 0.6) is 0 Å². The molecule has 0 aromatic carbocycles. The van der Waals surface area contributed by atoms with Crippen molar-refractivity contribution >= 4 is 23.3 Å². The fourth-order valence-corrected chi connectivity index (χ4v) is 2.58. The fourth-order valence-electron chi connectivity index (χ4n) is 2.37. The van der Waals surface area contributed by atoms with Gasteiger partial charge in [-0.15, -0.1) is 0 Å². The summed E-state index contributed by atoms with van der Waals surface area (Å²) in [7, 11) is 0. The summed E-state index contributed by atoms with van der Waals surface area (Å²) in [5, 5.41) is 12.9. The van der Waals surface area contributed by atoms with Gasteiger partial charge < -0.3 is 4.52 Å². The van der Waals surface area contributed by atoms with Crippen LogP contribution < -0.4 is 10.9 Å². The first kappa shape index (κ1) is 14.4. The van der Waals surface area contributed by atoms with Crippen LogP contribution in [0.3, 0.4) is 0 Å². The molecule has 0 bridgehead atoms. The number of amides is 1. The second-order valence-electron chi connectivity index (χ2n) is 4.89. The molecule has 112 valence electrons. The molecule has 0 aliphatic heterocycles. The predicted octanol–water partition coefficient (Wildman–Crippen LogP) is 2.23. The molecule has 3 rings (SSSR count). The van der Waals surface area contributed by atoms with Gasteiger partial charge in [-0.25, -0.2) is 4.98 Å². The highest BCUT2D eigenvalue weighted by atomic mass is 35.5. The lowest BCUT2D eigenvalue weighted by Gasteiger charge is -2.10. The van der Waals surface area contributed by atoms with E-state index in [0.29, 0.717) is 5.56 Å². The van der Waals surface area contributed by atoms with E-state index in [1.165, 1.54) is 12.1 Å². The number of nitrogens with one attached hydrogen (secondary N) is 2. The Balaban J connectivity index is 1.72. The van der Waals surface area contributed by atoms with Crippen molar-refractivity contribution in [3.63, 3.8) is 0 Å². The van der Waals surface area contributed by atoms with Crippen molar-refractivity contribution in [2.24, 2.45) is 0 Å². The number of aryl methyl sites for hydroxylation is 1. The van der Waals surface area contributed by atoms with Gasteiger partial charge in [0.1, 0.15) is 16.7 Å². The van der Waals surface area contributed by atoms with Crippen LogP contribution in [0.2, 0.25) is 5.15 Å². The quantitative estimate of drug-likeness (QED) is 0.664. The maximum absolute atomic E-state index is 12.2. The van der Waals surface area contributed by atoms with Crippen molar-refractivity contribution < 1.29 is 9.32 Å². The van der Waals surface area contributed by atoms with Gasteiger partial charge in [-0.3, -0.25) is 15.6 Å². The molecule has 0 saturated carbocycles. The van der Waals surface area contributed by atoms with E-state index in [-0.39, 0.29) is 16.7 Å². The number of halogens is 1. The van der Waals surface area contributed by atoms with E-state index >= 15 is 0 Å². The molecule has 0 fully saturated rings. The van der Waals surface area contributed by atoms with Gasteiger partial charge in [0.05, 0.1) is 11.6 Å². The minimum absolute atomic E-state index is 0.162. The molecule has 2 heterocycles. The molecule has 1 aliphatic carbocycles. The molecule has 2 aromatic rings. The summed E-state index contributed by atoms with van der Waals surface area (Å²) in [6.07, 6.45) is 3.66. The maximum Gasteiger partial charge on any atom is 0.292 e. The predicted molar refractivity (Wildman–Crippen MR) is 78.2 cm³/mol. The SMILES string of the molecule is N#Cc1cc(Cl)nc(NNC(=O)c2noc3c2CCCC3)c1.